The first kappa shape index (κ1) is 23.0. The second-order valence-corrected chi connectivity index (χ2v) is 6.46. The fourth-order valence-electron chi connectivity index (χ4n) is 2.63. The maximum absolute atomic E-state index is 6.15. The summed E-state index contributed by atoms with van der Waals surface area (Å²) in [5.41, 5.74) is 2.33. The van der Waals surface area contributed by atoms with Crippen molar-refractivity contribution in [1.82, 2.24) is 15.5 Å². The van der Waals surface area contributed by atoms with Gasteiger partial charge in [-0.25, -0.2) is 0 Å². The van der Waals surface area contributed by atoms with Crippen molar-refractivity contribution in [3.8, 4) is 5.75 Å². The molecule has 0 aromatic heterocycles. The molecule has 1 fully saturated rings. The van der Waals surface area contributed by atoms with E-state index in [1.54, 1.807) is 7.05 Å². The van der Waals surface area contributed by atoms with Crippen molar-refractivity contribution in [1.29, 1.82) is 0 Å². The van der Waals surface area contributed by atoms with E-state index in [9.17, 15) is 0 Å². The number of nitrogens with zero attached hydrogens (tertiary/aromatic N) is 2. The number of benzene rings is 1. The zero-order chi connectivity index (χ0) is 18.1. The molecule has 6 nitrogen and oxygen atoms in total. The molecule has 7 heteroatoms. The van der Waals surface area contributed by atoms with Gasteiger partial charge in [0.05, 0.1) is 13.2 Å². The number of hydrogen-bond donors (Lipinski definition) is 2. The number of aryl methyl sites for hydroxylation is 1. The summed E-state index contributed by atoms with van der Waals surface area (Å²) >= 11 is 0. The minimum atomic E-state index is 0. The third-order valence-electron chi connectivity index (χ3n) is 4.40. The van der Waals surface area contributed by atoms with Crippen molar-refractivity contribution >= 4 is 29.9 Å². The van der Waals surface area contributed by atoms with Gasteiger partial charge in [0.1, 0.15) is 11.9 Å². The van der Waals surface area contributed by atoms with Crippen LogP contribution in [0.4, 0.5) is 0 Å². The zero-order valence-electron chi connectivity index (χ0n) is 16.4. The van der Waals surface area contributed by atoms with Crippen LogP contribution < -0.4 is 15.4 Å². The minimum Gasteiger partial charge on any atom is -0.488 e. The molecular formula is C19H33IN4O2. The van der Waals surface area contributed by atoms with E-state index in [-0.39, 0.29) is 30.1 Å². The predicted molar refractivity (Wildman–Crippen MR) is 118 cm³/mol. The van der Waals surface area contributed by atoms with Crippen molar-refractivity contribution in [3.05, 3.63) is 29.3 Å². The molecule has 1 unspecified atom stereocenters. The molecule has 0 radical (unpaired) electrons. The summed E-state index contributed by atoms with van der Waals surface area (Å²) in [7, 11) is 3.90. The molecule has 0 saturated carbocycles. The summed E-state index contributed by atoms with van der Waals surface area (Å²) in [6, 6.07) is 6.33. The Hall–Kier alpha value is -1.06. The first-order valence-corrected chi connectivity index (χ1v) is 9.09. The van der Waals surface area contributed by atoms with Crippen molar-refractivity contribution in [3.63, 3.8) is 0 Å². The van der Waals surface area contributed by atoms with Gasteiger partial charge in [-0.05, 0) is 32.1 Å². The standard InChI is InChI=1S/C19H32N4O2.HI/c1-5-23(4)10-9-21-19(20-3)22-13-16-7-6-15(2)12-18(16)25-17-8-11-24-14-17;/h6-7,12,17H,5,8-11,13-14H2,1-4H3,(H2,20,21,22);1H. The molecule has 1 aliphatic rings. The second-order valence-electron chi connectivity index (χ2n) is 6.46. The van der Waals surface area contributed by atoms with Gasteiger partial charge in [-0.3, -0.25) is 4.99 Å². The van der Waals surface area contributed by atoms with Gasteiger partial charge in [-0.1, -0.05) is 19.1 Å². The van der Waals surface area contributed by atoms with Crippen molar-refractivity contribution in [2.24, 2.45) is 4.99 Å². The van der Waals surface area contributed by atoms with Crippen molar-refractivity contribution < 1.29 is 9.47 Å². The van der Waals surface area contributed by atoms with Crippen LogP contribution in [0.15, 0.2) is 23.2 Å². The number of likely N-dealkylation sites (N-methyl/N-ethyl adjacent to an activating group) is 1. The number of aliphatic imine (C=N–C) groups is 1. The van der Waals surface area contributed by atoms with Gasteiger partial charge in [-0.2, -0.15) is 0 Å². The summed E-state index contributed by atoms with van der Waals surface area (Å²) in [5.74, 6) is 1.74. The summed E-state index contributed by atoms with van der Waals surface area (Å²) in [6.07, 6.45) is 1.11. The highest BCUT2D eigenvalue weighted by Gasteiger charge is 2.18. The molecule has 1 saturated heterocycles. The van der Waals surface area contributed by atoms with Crippen LogP contribution in [-0.4, -0.2) is 63.9 Å². The molecule has 0 amide bonds. The van der Waals surface area contributed by atoms with Crippen molar-refractivity contribution in [2.75, 3.05) is 46.9 Å². The Kier molecular flexibility index (Phi) is 10.9. The van der Waals surface area contributed by atoms with E-state index < -0.39 is 0 Å². The van der Waals surface area contributed by atoms with E-state index >= 15 is 0 Å². The molecule has 1 atom stereocenters. The monoisotopic (exact) mass is 476 g/mol. The van der Waals surface area contributed by atoms with Crippen LogP contribution in [0.25, 0.3) is 0 Å². The van der Waals surface area contributed by atoms with Crippen molar-refractivity contribution in [2.45, 2.75) is 32.9 Å². The van der Waals surface area contributed by atoms with E-state index in [0.29, 0.717) is 13.2 Å². The first-order chi connectivity index (χ1) is 12.1. The SMILES string of the molecule is CCN(C)CCNC(=NC)NCc1ccc(C)cc1OC1CCOC1.I. The first-order valence-electron chi connectivity index (χ1n) is 9.09. The van der Waals surface area contributed by atoms with Crippen LogP contribution in [0.2, 0.25) is 0 Å². The van der Waals surface area contributed by atoms with Gasteiger partial charge < -0.3 is 25.0 Å². The third-order valence-corrected chi connectivity index (χ3v) is 4.40. The Morgan fingerprint density at radius 2 is 2.19 bits per heavy atom. The largest absolute Gasteiger partial charge is 0.488 e. The predicted octanol–water partition coefficient (Wildman–Crippen LogP) is 2.40. The van der Waals surface area contributed by atoms with Gasteiger partial charge in [0, 0.05) is 38.7 Å². The quantitative estimate of drug-likeness (QED) is 0.343. The zero-order valence-corrected chi connectivity index (χ0v) is 18.7. The van der Waals surface area contributed by atoms with Crippen LogP contribution in [-0.2, 0) is 11.3 Å². The maximum atomic E-state index is 6.15. The van der Waals surface area contributed by atoms with Gasteiger partial charge in [-0.15, -0.1) is 24.0 Å². The number of nitrogens with one attached hydrogen (secondary N) is 2. The summed E-state index contributed by atoms with van der Waals surface area (Å²) in [4.78, 5) is 6.55. The minimum absolute atomic E-state index is 0. The summed E-state index contributed by atoms with van der Waals surface area (Å²) < 4.78 is 11.6. The van der Waals surface area contributed by atoms with Gasteiger partial charge >= 0.3 is 0 Å². The summed E-state index contributed by atoms with van der Waals surface area (Å²) in [5, 5.41) is 6.72. The number of guanidine groups is 1. The molecule has 26 heavy (non-hydrogen) atoms. The highest BCUT2D eigenvalue weighted by atomic mass is 127. The molecule has 1 aromatic rings. The Labute approximate surface area is 174 Å². The number of ether oxygens (including phenoxy) is 2. The molecule has 0 aliphatic carbocycles. The lowest BCUT2D eigenvalue weighted by Gasteiger charge is -2.19. The molecule has 0 bridgehead atoms. The molecule has 1 aliphatic heterocycles. The fourth-order valence-corrected chi connectivity index (χ4v) is 2.63. The number of rotatable bonds is 8. The van der Waals surface area contributed by atoms with E-state index in [0.717, 1.165) is 49.9 Å². The van der Waals surface area contributed by atoms with E-state index in [4.69, 9.17) is 9.47 Å². The molecule has 2 rings (SSSR count). The normalized spacial score (nSPS) is 17.1. The Balaban J connectivity index is 0.00000338. The summed E-state index contributed by atoms with van der Waals surface area (Å²) in [6.45, 7) is 9.26. The lowest BCUT2D eigenvalue weighted by Crippen LogP contribution is -2.40. The smallest absolute Gasteiger partial charge is 0.191 e. The topological polar surface area (TPSA) is 58.1 Å². The highest BCUT2D eigenvalue weighted by molar-refractivity contribution is 14.0. The Morgan fingerprint density at radius 3 is 2.85 bits per heavy atom. The average molecular weight is 476 g/mol. The lowest BCUT2D eigenvalue weighted by atomic mass is 10.1. The van der Waals surface area contributed by atoms with Gasteiger partial charge in [0.2, 0.25) is 0 Å². The molecule has 1 aromatic carbocycles. The average Bonchev–Trinajstić information content (AvgIpc) is 3.12. The lowest BCUT2D eigenvalue weighted by molar-refractivity contribution is 0.140. The Bertz CT molecular complexity index is 562. The highest BCUT2D eigenvalue weighted by Crippen LogP contribution is 2.23. The molecule has 2 N–H and O–H groups in total. The fraction of sp³-hybridized carbons (Fsp3) is 0.632. The molecule has 1 heterocycles. The molecule has 148 valence electrons. The van der Waals surface area contributed by atoms with E-state index in [1.165, 1.54) is 5.56 Å². The van der Waals surface area contributed by atoms with Crippen LogP contribution in [0.3, 0.4) is 0 Å². The number of halogens is 1. The van der Waals surface area contributed by atoms with Crippen LogP contribution >= 0.6 is 24.0 Å². The molecular weight excluding hydrogens is 443 g/mol. The maximum Gasteiger partial charge on any atom is 0.191 e. The van der Waals surface area contributed by atoms with E-state index in [1.807, 2.05) is 0 Å². The van der Waals surface area contributed by atoms with E-state index in [2.05, 4.69) is 59.6 Å². The molecule has 0 spiro atoms. The second kappa shape index (κ2) is 12.3. The van der Waals surface area contributed by atoms with Crippen LogP contribution in [0.5, 0.6) is 5.75 Å². The Morgan fingerprint density at radius 1 is 1.38 bits per heavy atom. The van der Waals surface area contributed by atoms with Crippen LogP contribution in [0.1, 0.15) is 24.5 Å². The third kappa shape index (κ3) is 7.67. The van der Waals surface area contributed by atoms with Gasteiger partial charge in [0.25, 0.3) is 0 Å². The van der Waals surface area contributed by atoms with Gasteiger partial charge in [0.15, 0.2) is 5.96 Å². The van der Waals surface area contributed by atoms with Crippen LogP contribution in [0, 0.1) is 6.92 Å². The number of hydrogen-bond acceptors (Lipinski definition) is 4.